The Labute approximate surface area is 107 Å². The van der Waals surface area contributed by atoms with Gasteiger partial charge < -0.3 is 5.32 Å². The van der Waals surface area contributed by atoms with Gasteiger partial charge in [-0.2, -0.15) is 0 Å². The molecule has 2 rings (SSSR count). The average Bonchev–Trinajstić information content (AvgIpc) is 2.37. The topological polar surface area (TPSA) is 42.0 Å². The third-order valence-corrected chi connectivity index (χ3v) is 3.43. The number of hydrogen-bond donors (Lipinski definition) is 1. The van der Waals surface area contributed by atoms with Gasteiger partial charge in [0.15, 0.2) is 0 Å². The molecule has 1 aromatic rings. The number of amides is 1. The fourth-order valence-corrected chi connectivity index (χ4v) is 2.42. The fraction of sp³-hybridized carbons (Fsp3) is 0.538. The highest BCUT2D eigenvalue weighted by Crippen LogP contribution is 2.22. The first-order valence-corrected chi connectivity index (χ1v) is 6.54. The zero-order valence-corrected chi connectivity index (χ0v) is 10.5. The summed E-state index contributed by atoms with van der Waals surface area (Å²) in [6, 6.07) is 5.09. The van der Waals surface area contributed by atoms with Crippen molar-refractivity contribution in [1.29, 1.82) is 0 Å². The van der Waals surface area contributed by atoms with Gasteiger partial charge in [0.05, 0.1) is 0 Å². The summed E-state index contributed by atoms with van der Waals surface area (Å²) in [5.74, 6) is 0.505. The maximum Gasteiger partial charge on any atom is 0.269 e. The zero-order chi connectivity index (χ0) is 12.1. The molecular formula is C13H17ClN2O. The second-order valence-electron chi connectivity index (χ2n) is 4.56. The fourth-order valence-electron chi connectivity index (χ4n) is 2.25. The van der Waals surface area contributed by atoms with Crippen LogP contribution in [0.4, 0.5) is 0 Å². The minimum atomic E-state index is -0.127. The Kier molecular flexibility index (Phi) is 4.37. The lowest BCUT2D eigenvalue weighted by molar-refractivity contribution is 0.0938. The Morgan fingerprint density at radius 1 is 1.35 bits per heavy atom. The SMILES string of the molecule is O=C(NCC1CCCCC1)c1cccc(Cl)n1. The first-order chi connectivity index (χ1) is 8.25. The molecule has 0 atom stereocenters. The van der Waals surface area contributed by atoms with Gasteiger partial charge in [0, 0.05) is 6.54 Å². The molecule has 3 nitrogen and oxygen atoms in total. The van der Waals surface area contributed by atoms with Crippen LogP contribution >= 0.6 is 11.6 Å². The number of carbonyl (C=O) groups is 1. The molecule has 1 aromatic heterocycles. The normalized spacial score (nSPS) is 16.8. The van der Waals surface area contributed by atoms with Crippen molar-refractivity contribution >= 4 is 17.5 Å². The average molecular weight is 253 g/mol. The van der Waals surface area contributed by atoms with Gasteiger partial charge in [-0.05, 0) is 30.9 Å². The Morgan fingerprint density at radius 2 is 2.12 bits per heavy atom. The largest absolute Gasteiger partial charge is 0.350 e. The van der Waals surface area contributed by atoms with Crippen LogP contribution in [-0.4, -0.2) is 17.4 Å². The van der Waals surface area contributed by atoms with Crippen LogP contribution in [0.3, 0.4) is 0 Å². The van der Waals surface area contributed by atoms with Crippen LogP contribution < -0.4 is 5.32 Å². The molecule has 1 heterocycles. The Morgan fingerprint density at radius 3 is 2.82 bits per heavy atom. The van der Waals surface area contributed by atoms with Crippen LogP contribution in [0.2, 0.25) is 5.15 Å². The van der Waals surface area contributed by atoms with E-state index in [1.165, 1.54) is 32.1 Å². The van der Waals surface area contributed by atoms with Crippen molar-refractivity contribution < 1.29 is 4.79 Å². The summed E-state index contributed by atoms with van der Waals surface area (Å²) < 4.78 is 0. The minimum absolute atomic E-state index is 0.127. The van der Waals surface area contributed by atoms with Gasteiger partial charge in [0.1, 0.15) is 10.8 Å². The summed E-state index contributed by atoms with van der Waals surface area (Å²) in [7, 11) is 0. The Bertz CT molecular complexity index is 389. The van der Waals surface area contributed by atoms with Crippen LogP contribution in [-0.2, 0) is 0 Å². The number of aromatic nitrogens is 1. The van der Waals surface area contributed by atoms with Crippen molar-refractivity contribution in [3.63, 3.8) is 0 Å². The van der Waals surface area contributed by atoms with Gasteiger partial charge in [-0.25, -0.2) is 4.98 Å². The Hall–Kier alpha value is -1.09. The van der Waals surface area contributed by atoms with Crippen molar-refractivity contribution in [2.75, 3.05) is 6.54 Å². The van der Waals surface area contributed by atoms with Crippen molar-refractivity contribution in [2.45, 2.75) is 32.1 Å². The first kappa shape index (κ1) is 12.4. The molecule has 92 valence electrons. The Balaban J connectivity index is 1.84. The molecule has 0 aromatic carbocycles. The zero-order valence-electron chi connectivity index (χ0n) is 9.79. The predicted octanol–water partition coefficient (Wildman–Crippen LogP) is 3.05. The summed E-state index contributed by atoms with van der Waals surface area (Å²) in [5.41, 5.74) is 0.397. The summed E-state index contributed by atoms with van der Waals surface area (Å²) >= 11 is 5.75. The monoisotopic (exact) mass is 252 g/mol. The van der Waals surface area contributed by atoms with Crippen molar-refractivity contribution in [1.82, 2.24) is 10.3 Å². The number of rotatable bonds is 3. The van der Waals surface area contributed by atoms with Crippen LogP contribution in [0.15, 0.2) is 18.2 Å². The van der Waals surface area contributed by atoms with Crippen LogP contribution in [0.25, 0.3) is 0 Å². The third-order valence-electron chi connectivity index (χ3n) is 3.22. The second-order valence-corrected chi connectivity index (χ2v) is 4.95. The van der Waals surface area contributed by atoms with E-state index >= 15 is 0 Å². The number of halogens is 1. The van der Waals surface area contributed by atoms with E-state index in [0.29, 0.717) is 16.8 Å². The van der Waals surface area contributed by atoms with Gasteiger partial charge in [-0.15, -0.1) is 0 Å². The van der Waals surface area contributed by atoms with E-state index in [9.17, 15) is 4.79 Å². The van der Waals surface area contributed by atoms with E-state index in [4.69, 9.17) is 11.6 Å². The quantitative estimate of drug-likeness (QED) is 0.841. The lowest BCUT2D eigenvalue weighted by atomic mass is 9.89. The molecule has 0 unspecified atom stereocenters. The molecule has 1 aliphatic carbocycles. The van der Waals surface area contributed by atoms with Crippen LogP contribution in [0.5, 0.6) is 0 Å². The first-order valence-electron chi connectivity index (χ1n) is 6.16. The second kappa shape index (κ2) is 6.01. The summed E-state index contributed by atoms with van der Waals surface area (Å²) in [6.45, 7) is 0.757. The van der Waals surface area contributed by atoms with Gasteiger partial charge >= 0.3 is 0 Å². The van der Waals surface area contributed by atoms with E-state index in [1.807, 2.05) is 0 Å². The van der Waals surface area contributed by atoms with E-state index in [1.54, 1.807) is 18.2 Å². The van der Waals surface area contributed by atoms with Gasteiger partial charge in [0.25, 0.3) is 5.91 Å². The molecule has 1 N–H and O–H groups in total. The highest BCUT2D eigenvalue weighted by atomic mass is 35.5. The van der Waals surface area contributed by atoms with E-state index in [0.717, 1.165) is 6.54 Å². The highest BCUT2D eigenvalue weighted by Gasteiger charge is 2.15. The molecular weight excluding hydrogens is 236 g/mol. The molecule has 1 aliphatic rings. The molecule has 0 aliphatic heterocycles. The predicted molar refractivity (Wildman–Crippen MR) is 68.2 cm³/mol. The van der Waals surface area contributed by atoms with Gasteiger partial charge in [-0.1, -0.05) is 36.9 Å². The molecule has 1 fully saturated rings. The maximum absolute atomic E-state index is 11.8. The van der Waals surface area contributed by atoms with Gasteiger partial charge in [-0.3, -0.25) is 4.79 Å². The smallest absolute Gasteiger partial charge is 0.269 e. The third kappa shape index (κ3) is 3.70. The number of pyridine rings is 1. The summed E-state index contributed by atoms with van der Waals surface area (Å²) in [4.78, 5) is 15.8. The van der Waals surface area contributed by atoms with Gasteiger partial charge in [0.2, 0.25) is 0 Å². The molecule has 1 amide bonds. The molecule has 4 heteroatoms. The summed E-state index contributed by atoms with van der Waals surface area (Å²) in [6.07, 6.45) is 6.36. The maximum atomic E-state index is 11.8. The lowest BCUT2D eigenvalue weighted by Crippen LogP contribution is -2.30. The van der Waals surface area contributed by atoms with E-state index in [-0.39, 0.29) is 5.91 Å². The highest BCUT2D eigenvalue weighted by molar-refractivity contribution is 6.29. The lowest BCUT2D eigenvalue weighted by Gasteiger charge is -2.21. The number of carbonyl (C=O) groups excluding carboxylic acids is 1. The summed E-state index contributed by atoms with van der Waals surface area (Å²) in [5, 5.41) is 3.29. The standard InChI is InChI=1S/C13H17ClN2O/c14-12-8-4-7-11(16-12)13(17)15-9-10-5-2-1-3-6-10/h4,7-8,10H,1-3,5-6,9H2,(H,15,17). The molecule has 0 bridgehead atoms. The minimum Gasteiger partial charge on any atom is -0.350 e. The number of hydrogen-bond acceptors (Lipinski definition) is 2. The van der Waals surface area contributed by atoms with Crippen LogP contribution in [0, 0.1) is 5.92 Å². The van der Waals surface area contributed by atoms with Crippen molar-refractivity contribution in [3.05, 3.63) is 29.0 Å². The molecule has 0 saturated heterocycles. The van der Waals surface area contributed by atoms with E-state index < -0.39 is 0 Å². The van der Waals surface area contributed by atoms with Crippen molar-refractivity contribution in [3.8, 4) is 0 Å². The van der Waals surface area contributed by atoms with Crippen LogP contribution in [0.1, 0.15) is 42.6 Å². The van der Waals surface area contributed by atoms with E-state index in [2.05, 4.69) is 10.3 Å². The molecule has 0 radical (unpaired) electrons. The number of nitrogens with one attached hydrogen (secondary N) is 1. The molecule has 1 saturated carbocycles. The number of nitrogens with zero attached hydrogens (tertiary/aromatic N) is 1. The van der Waals surface area contributed by atoms with Crippen molar-refractivity contribution in [2.24, 2.45) is 5.92 Å². The molecule has 17 heavy (non-hydrogen) atoms. The molecule has 0 spiro atoms.